The maximum Gasteiger partial charge on any atom is 0.418 e. The summed E-state index contributed by atoms with van der Waals surface area (Å²) < 4.78 is 34.8. The average Bonchev–Trinajstić information content (AvgIpc) is 2.79. The number of hydroxylamine groups is 2. The van der Waals surface area contributed by atoms with E-state index in [1.165, 1.54) is 29.4 Å². The molecule has 2 aliphatic rings. The molecular weight excluding hydrogens is 354 g/mol. The van der Waals surface area contributed by atoms with Crippen LogP contribution in [0.2, 0.25) is 0 Å². The van der Waals surface area contributed by atoms with Crippen molar-refractivity contribution < 1.29 is 26.8 Å². The van der Waals surface area contributed by atoms with E-state index in [4.69, 9.17) is 9.96 Å². The number of pyridine rings is 1. The van der Waals surface area contributed by atoms with Crippen molar-refractivity contribution in [1.82, 2.24) is 20.3 Å². The van der Waals surface area contributed by atoms with Crippen LogP contribution in [0.1, 0.15) is 23.2 Å². The second-order valence-corrected chi connectivity index (χ2v) is 6.62. The highest BCUT2D eigenvalue weighted by molar-refractivity contribution is 7.80. The number of aromatic nitrogens is 1. The molecule has 25 heavy (non-hydrogen) atoms. The van der Waals surface area contributed by atoms with Crippen LogP contribution in [0, 0.1) is 5.41 Å². The van der Waals surface area contributed by atoms with Gasteiger partial charge in [0.2, 0.25) is 0 Å². The van der Waals surface area contributed by atoms with Gasteiger partial charge in [-0.25, -0.2) is 4.79 Å². The van der Waals surface area contributed by atoms with Crippen molar-refractivity contribution >= 4 is 28.2 Å². The number of nitrogens with one attached hydrogen (secondary N) is 2. The van der Waals surface area contributed by atoms with Crippen LogP contribution in [0.25, 0.3) is 0 Å². The largest absolute Gasteiger partial charge is 0.418 e. The monoisotopic (exact) mass is 369 g/mol. The van der Waals surface area contributed by atoms with E-state index in [0.29, 0.717) is 23.5 Å². The number of piperidine rings is 1. The zero-order chi connectivity index (χ0) is 18.2. The average molecular weight is 369 g/mol. The number of rotatable bonds is 4. The van der Waals surface area contributed by atoms with Crippen LogP contribution in [-0.4, -0.2) is 64.3 Å². The Morgan fingerprint density at radius 3 is 2.68 bits per heavy atom. The fourth-order valence-corrected chi connectivity index (χ4v) is 3.30. The Balaban J connectivity index is 1.69. The third-order valence-corrected chi connectivity index (χ3v) is 4.37. The molecule has 2 aliphatic heterocycles. The van der Waals surface area contributed by atoms with Gasteiger partial charge in [-0.2, -0.15) is 13.5 Å². The van der Waals surface area contributed by atoms with Gasteiger partial charge in [0, 0.05) is 24.5 Å². The van der Waals surface area contributed by atoms with Gasteiger partial charge in [-0.1, -0.05) is 0 Å². The van der Waals surface area contributed by atoms with Gasteiger partial charge in [-0.05, 0) is 25.0 Å². The summed E-state index contributed by atoms with van der Waals surface area (Å²) in [5.41, 5.74) is 0.317. The number of nitrogens with zero attached hydrogens (tertiary/aromatic N) is 3. The standard InChI is InChI=1S/C13H15N5O6S/c14-11(16-12(19)8-3-5-15-6-4-8)10-2-1-9-7-17(10)13(20)18(9)24-25(21,22)23/h3-6,9-10H,1-2,7H2,(H2,14,16,19)(H,21,22,23). The summed E-state index contributed by atoms with van der Waals surface area (Å²) in [4.78, 5) is 29.4. The summed E-state index contributed by atoms with van der Waals surface area (Å²) >= 11 is 0. The molecule has 3 heterocycles. The normalized spacial score (nSPS) is 22.8. The van der Waals surface area contributed by atoms with Gasteiger partial charge >= 0.3 is 16.4 Å². The number of fused-ring (bicyclic) bond motifs is 2. The van der Waals surface area contributed by atoms with E-state index in [0.717, 1.165) is 0 Å². The van der Waals surface area contributed by atoms with E-state index in [2.05, 4.69) is 14.6 Å². The molecule has 11 nitrogen and oxygen atoms in total. The second kappa shape index (κ2) is 6.38. The summed E-state index contributed by atoms with van der Waals surface area (Å²) in [5.74, 6) is -0.686. The molecule has 2 bridgehead atoms. The molecular formula is C13H15N5O6S. The zero-order valence-corrected chi connectivity index (χ0v) is 13.6. The predicted molar refractivity (Wildman–Crippen MR) is 82.8 cm³/mol. The van der Waals surface area contributed by atoms with E-state index >= 15 is 0 Å². The fourth-order valence-electron chi connectivity index (χ4n) is 2.91. The number of amidine groups is 1. The van der Waals surface area contributed by atoms with Gasteiger partial charge in [0.15, 0.2) is 0 Å². The molecule has 2 atom stereocenters. The van der Waals surface area contributed by atoms with Crippen LogP contribution in [0.4, 0.5) is 4.79 Å². The Kier molecular flexibility index (Phi) is 4.41. The SMILES string of the molecule is N=C(NC(=O)c1ccncc1)C1CCC2CN1C(=O)N2OS(=O)(=O)O. The summed E-state index contributed by atoms with van der Waals surface area (Å²) in [6, 6.07) is 0.927. The van der Waals surface area contributed by atoms with Crippen LogP contribution >= 0.6 is 0 Å². The first-order valence-corrected chi connectivity index (χ1v) is 8.69. The second-order valence-electron chi connectivity index (χ2n) is 5.61. The molecule has 12 heteroatoms. The van der Waals surface area contributed by atoms with E-state index in [1.54, 1.807) is 0 Å². The van der Waals surface area contributed by atoms with E-state index in [-0.39, 0.29) is 12.4 Å². The third kappa shape index (κ3) is 3.60. The highest BCUT2D eigenvalue weighted by atomic mass is 32.3. The number of hydrogen-bond donors (Lipinski definition) is 3. The van der Waals surface area contributed by atoms with Gasteiger partial charge in [0.25, 0.3) is 5.91 Å². The van der Waals surface area contributed by atoms with Crippen molar-refractivity contribution in [3.8, 4) is 0 Å². The molecule has 3 N–H and O–H groups in total. The van der Waals surface area contributed by atoms with Gasteiger partial charge in [0.05, 0.1) is 12.1 Å². The van der Waals surface area contributed by atoms with Crippen LogP contribution in [0.3, 0.4) is 0 Å². The smallest absolute Gasteiger partial charge is 0.310 e. The Labute approximate surface area is 143 Å². The lowest BCUT2D eigenvalue weighted by atomic mass is 10.00. The molecule has 0 spiro atoms. The Bertz CT molecular complexity index is 813. The lowest BCUT2D eigenvalue weighted by Crippen LogP contribution is -2.50. The van der Waals surface area contributed by atoms with Crippen molar-refractivity contribution in [3.63, 3.8) is 0 Å². The molecule has 1 aromatic heterocycles. The van der Waals surface area contributed by atoms with Crippen LogP contribution in [-0.2, 0) is 14.7 Å². The van der Waals surface area contributed by atoms with Gasteiger partial charge in [-0.3, -0.25) is 19.7 Å². The molecule has 0 aromatic carbocycles. The summed E-state index contributed by atoms with van der Waals surface area (Å²) in [5, 5.41) is 11.1. The zero-order valence-electron chi connectivity index (χ0n) is 12.8. The Morgan fingerprint density at radius 1 is 1.36 bits per heavy atom. The summed E-state index contributed by atoms with van der Waals surface area (Å²) in [6.45, 7) is 0.131. The van der Waals surface area contributed by atoms with E-state index in [9.17, 15) is 18.0 Å². The van der Waals surface area contributed by atoms with Crippen LogP contribution in [0.15, 0.2) is 24.5 Å². The topological polar surface area (TPSA) is 153 Å². The van der Waals surface area contributed by atoms with Crippen molar-refractivity contribution in [2.45, 2.75) is 24.9 Å². The molecule has 134 valence electrons. The number of carbonyl (C=O) groups excluding carboxylic acids is 2. The number of urea groups is 1. The maximum atomic E-state index is 12.3. The fraction of sp³-hybridized carbons (Fsp3) is 0.385. The molecule has 0 saturated carbocycles. The highest BCUT2D eigenvalue weighted by Crippen LogP contribution is 2.30. The van der Waals surface area contributed by atoms with Gasteiger partial charge in [-0.15, -0.1) is 4.28 Å². The maximum absolute atomic E-state index is 12.3. The first-order chi connectivity index (χ1) is 11.8. The summed E-state index contributed by atoms with van der Waals surface area (Å²) in [6.07, 6.45) is 3.59. The van der Waals surface area contributed by atoms with Crippen molar-refractivity contribution in [2.75, 3.05) is 6.54 Å². The quantitative estimate of drug-likeness (QED) is 0.377. The molecule has 0 radical (unpaired) electrons. The lowest BCUT2D eigenvalue weighted by molar-refractivity contribution is -0.0316. The Morgan fingerprint density at radius 2 is 2.04 bits per heavy atom. The summed E-state index contributed by atoms with van der Waals surface area (Å²) in [7, 11) is -4.82. The van der Waals surface area contributed by atoms with Crippen molar-refractivity contribution in [1.29, 1.82) is 5.41 Å². The van der Waals surface area contributed by atoms with E-state index in [1.807, 2.05) is 0 Å². The predicted octanol–water partition coefficient (Wildman–Crippen LogP) is -0.208. The molecule has 3 rings (SSSR count). The lowest BCUT2D eigenvalue weighted by Gasteiger charge is -2.30. The van der Waals surface area contributed by atoms with Gasteiger partial charge in [0.1, 0.15) is 5.84 Å². The number of hydrogen-bond acceptors (Lipinski definition) is 7. The minimum Gasteiger partial charge on any atom is -0.310 e. The first kappa shape index (κ1) is 17.3. The number of amides is 3. The number of carbonyl (C=O) groups is 2. The van der Waals surface area contributed by atoms with E-state index < -0.39 is 34.4 Å². The van der Waals surface area contributed by atoms with Crippen LogP contribution in [0.5, 0.6) is 0 Å². The van der Waals surface area contributed by atoms with Crippen LogP contribution < -0.4 is 5.32 Å². The van der Waals surface area contributed by atoms with Crippen molar-refractivity contribution in [2.24, 2.45) is 0 Å². The molecule has 2 saturated heterocycles. The van der Waals surface area contributed by atoms with Crippen molar-refractivity contribution in [3.05, 3.63) is 30.1 Å². The first-order valence-electron chi connectivity index (χ1n) is 7.33. The highest BCUT2D eigenvalue weighted by Gasteiger charge is 2.48. The molecule has 2 fully saturated rings. The minimum absolute atomic E-state index is 0.131. The molecule has 0 aliphatic carbocycles. The minimum atomic E-state index is -4.82. The molecule has 2 unspecified atom stereocenters. The Hall–Kier alpha value is -2.57. The molecule has 3 amide bonds. The van der Waals surface area contributed by atoms with Gasteiger partial charge < -0.3 is 10.2 Å². The third-order valence-electron chi connectivity index (χ3n) is 4.02. The molecule has 1 aromatic rings.